The second-order valence-electron chi connectivity index (χ2n) is 7.42. The molecule has 2 rings (SSSR count). The molecule has 0 saturated heterocycles. The van der Waals surface area contributed by atoms with Crippen molar-refractivity contribution in [1.82, 2.24) is 5.32 Å². The average molecular weight is 363 g/mol. The van der Waals surface area contributed by atoms with Gasteiger partial charge in [-0.3, -0.25) is 4.79 Å². The number of carbonyl (C=O) groups excluding carboxylic acids is 1. The number of hydrogen-bond donors (Lipinski definition) is 1. The van der Waals surface area contributed by atoms with Gasteiger partial charge in [0.1, 0.15) is 0 Å². The molecule has 0 atom stereocenters. The van der Waals surface area contributed by atoms with E-state index in [9.17, 15) is 18.0 Å². The van der Waals surface area contributed by atoms with Crippen LogP contribution in [-0.2, 0) is 29.4 Å². The molecule has 0 heterocycles. The highest BCUT2D eigenvalue weighted by Gasteiger charge is 2.30. The first kappa shape index (κ1) is 20.0. The van der Waals surface area contributed by atoms with Crippen molar-refractivity contribution in [3.63, 3.8) is 0 Å². The Morgan fingerprint density at radius 1 is 0.923 bits per heavy atom. The normalized spacial score (nSPS) is 12.1. The second kappa shape index (κ2) is 7.94. The lowest BCUT2D eigenvalue weighted by Crippen LogP contribution is -2.23. The zero-order valence-electron chi connectivity index (χ0n) is 15.3. The molecule has 0 aliphatic rings. The Hall–Kier alpha value is -2.30. The summed E-state index contributed by atoms with van der Waals surface area (Å²) in [6.07, 6.45) is -3.48. The Kier molecular flexibility index (Phi) is 6.11. The van der Waals surface area contributed by atoms with Crippen LogP contribution in [-0.4, -0.2) is 5.91 Å². The molecular weight excluding hydrogens is 339 g/mol. The third kappa shape index (κ3) is 5.90. The standard InChI is InChI=1S/C21H24F3NO/c1-20(2,3)17-10-7-15(8-11-17)9-12-19(26)25-14-16-5-4-6-18(13-16)21(22,23)24/h4-8,10-11,13H,9,12,14H2,1-3H3,(H,25,26). The van der Waals surface area contributed by atoms with Gasteiger partial charge in [0.05, 0.1) is 5.56 Å². The molecule has 5 heteroatoms. The van der Waals surface area contributed by atoms with Gasteiger partial charge in [0.15, 0.2) is 0 Å². The minimum atomic E-state index is -4.38. The lowest BCUT2D eigenvalue weighted by molar-refractivity contribution is -0.137. The maximum absolute atomic E-state index is 12.7. The van der Waals surface area contributed by atoms with Crippen LogP contribution in [0.3, 0.4) is 0 Å². The highest BCUT2D eigenvalue weighted by Crippen LogP contribution is 2.29. The minimum absolute atomic E-state index is 0.0842. The monoisotopic (exact) mass is 363 g/mol. The molecule has 140 valence electrons. The lowest BCUT2D eigenvalue weighted by Gasteiger charge is -2.19. The molecule has 2 aromatic rings. The molecule has 0 aromatic heterocycles. The Morgan fingerprint density at radius 2 is 1.58 bits per heavy atom. The van der Waals surface area contributed by atoms with Gasteiger partial charge in [-0.1, -0.05) is 57.2 Å². The summed E-state index contributed by atoms with van der Waals surface area (Å²) in [7, 11) is 0. The molecule has 0 aliphatic carbocycles. The van der Waals surface area contributed by atoms with E-state index in [0.29, 0.717) is 18.4 Å². The fraction of sp³-hybridized carbons (Fsp3) is 0.381. The number of rotatable bonds is 5. The predicted molar refractivity (Wildman–Crippen MR) is 96.8 cm³/mol. The largest absolute Gasteiger partial charge is 0.416 e. The summed E-state index contributed by atoms with van der Waals surface area (Å²) < 4.78 is 38.1. The molecule has 2 aromatic carbocycles. The van der Waals surface area contributed by atoms with Gasteiger partial charge in [-0.25, -0.2) is 0 Å². The average Bonchev–Trinajstić information content (AvgIpc) is 2.57. The van der Waals surface area contributed by atoms with Crippen molar-refractivity contribution in [1.29, 1.82) is 0 Å². The number of alkyl halides is 3. The number of aryl methyl sites for hydroxylation is 1. The molecule has 2 nitrogen and oxygen atoms in total. The summed E-state index contributed by atoms with van der Waals surface area (Å²) >= 11 is 0. The molecule has 0 saturated carbocycles. The van der Waals surface area contributed by atoms with Crippen LogP contribution in [0.1, 0.15) is 49.4 Å². The van der Waals surface area contributed by atoms with Crippen LogP contribution in [0.5, 0.6) is 0 Å². The fourth-order valence-electron chi connectivity index (χ4n) is 2.58. The van der Waals surface area contributed by atoms with Gasteiger partial charge in [0.25, 0.3) is 0 Å². The molecular formula is C21H24F3NO. The lowest BCUT2D eigenvalue weighted by atomic mass is 9.86. The van der Waals surface area contributed by atoms with E-state index in [4.69, 9.17) is 0 Å². The topological polar surface area (TPSA) is 29.1 Å². The van der Waals surface area contributed by atoms with Gasteiger partial charge in [0, 0.05) is 13.0 Å². The van der Waals surface area contributed by atoms with Crippen LogP contribution in [0, 0.1) is 0 Å². The van der Waals surface area contributed by atoms with Crippen LogP contribution in [0.2, 0.25) is 0 Å². The van der Waals surface area contributed by atoms with E-state index in [1.807, 2.05) is 12.1 Å². The summed E-state index contributed by atoms with van der Waals surface area (Å²) in [6, 6.07) is 13.2. The van der Waals surface area contributed by atoms with Crippen LogP contribution in [0.25, 0.3) is 0 Å². The molecule has 0 bridgehead atoms. The third-order valence-electron chi connectivity index (χ3n) is 4.20. The summed E-state index contributed by atoms with van der Waals surface area (Å²) in [5.41, 5.74) is 2.11. The highest BCUT2D eigenvalue weighted by molar-refractivity contribution is 5.76. The highest BCUT2D eigenvalue weighted by atomic mass is 19.4. The molecule has 1 amide bonds. The first-order valence-electron chi connectivity index (χ1n) is 8.58. The van der Waals surface area contributed by atoms with E-state index in [2.05, 4.69) is 38.2 Å². The molecule has 0 aliphatic heterocycles. The molecule has 1 N–H and O–H groups in total. The Morgan fingerprint density at radius 3 is 2.15 bits per heavy atom. The number of nitrogens with one attached hydrogen (secondary N) is 1. The SMILES string of the molecule is CC(C)(C)c1ccc(CCC(=O)NCc2cccc(C(F)(F)F)c2)cc1. The smallest absolute Gasteiger partial charge is 0.352 e. The van der Waals surface area contributed by atoms with E-state index >= 15 is 0 Å². The van der Waals surface area contributed by atoms with Crippen LogP contribution < -0.4 is 5.32 Å². The number of halogens is 3. The zero-order valence-corrected chi connectivity index (χ0v) is 15.3. The first-order chi connectivity index (χ1) is 12.1. The van der Waals surface area contributed by atoms with Crippen molar-refractivity contribution >= 4 is 5.91 Å². The minimum Gasteiger partial charge on any atom is -0.352 e. The second-order valence-corrected chi connectivity index (χ2v) is 7.42. The summed E-state index contributed by atoms with van der Waals surface area (Å²) in [5, 5.41) is 2.68. The Bertz CT molecular complexity index is 743. The van der Waals surface area contributed by atoms with Crippen LogP contribution >= 0.6 is 0 Å². The fourth-order valence-corrected chi connectivity index (χ4v) is 2.58. The Labute approximate surface area is 152 Å². The van der Waals surface area contributed by atoms with Crippen molar-refractivity contribution in [3.8, 4) is 0 Å². The van der Waals surface area contributed by atoms with Gasteiger partial charge in [-0.05, 0) is 40.7 Å². The van der Waals surface area contributed by atoms with Gasteiger partial charge < -0.3 is 5.32 Å². The summed E-state index contributed by atoms with van der Waals surface area (Å²) in [4.78, 5) is 12.0. The van der Waals surface area contributed by atoms with Crippen LogP contribution in [0.4, 0.5) is 13.2 Å². The maximum atomic E-state index is 12.7. The van der Waals surface area contributed by atoms with E-state index < -0.39 is 11.7 Å². The van der Waals surface area contributed by atoms with E-state index in [-0.39, 0.29) is 17.9 Å². The van der Waals surface area contributed by atoms with E-state index in [1.165, 1.54) is 11.6 Å². The first-order valence-corrected chi connectivity index (χ1v) is 8.58. The van der Waals surface area contributed by atoms with Crippen molar-refractivity contribution in [3.05, 3.63) is 70.8 Å². The molecule has 26 heavy (non-hydrogen) atoms. The van der Waals surface area contributed by atoms with Gasteiger partial charge in [-0.15, -0.1) is 0 Å². The molecule has 0 spiro atoms. The van der Waals surface area contributed by atoms with E-state index in [0.717, 1.165) is 17.7 Å². The Balaban J connectivity index is 1.84. The summed E-state index contributed by atoms with van der Waals surface area (Å²) in [6.45, 7) is 6.52. The number of carbonyl (C=O) groups is 1. The van der Waals surface area contributed by atoms with Crippen LogP contribution in [0.15, 0.2) is 48.5 Å². The number of hydrogen-bond acceptors (Lipinski definition) is 1. The van der Waals surface area contributed by atoms with Gasteiger partial charge >= 0.3 is 6.18 Å². The maximum Gasteiger partial charge on any atom is 0.416 e. The molecule has 0 unspecified atom stereocenters. The predicted octanol–water partition coefficient (Wildman–Crippen LogP) is 5.25. The summed E-state index contributed by atoms with van der Waals surface area (Å²) in [5.74, 6) is -0.178. The van der Waals surface area contributed by atoms with Crippen molar-refractivity contribution < 1.29 is 18.0 Å². The number of amides is 1. The third-order valence-corrected chi connectivity index (χ3v) is 4.20. The van der Waals surface area contributed by atoms with Crippen molar-refractivity contribution in [2.45, 2.75) is 51.7 Å². The number of benzene rings is 2. The van der Waals surface area contributed by atoms with Gasteiger partial charge in [-0.2, -0.15) is 13.2 Å². The molecule has 0 fully saturated rings. The quantitative estimate of drug-likeness (QED) is 0.772. The van der Waals surface area contributed by atoms with Crippen molar-refractivity contribution in [2.75, 3.05) is 0 Å². The van der Waals surface area contributed by atoms with E-state index in [1.54, 1.807) is 6.07 Å². The molecule has 0 radical (unpaired) electrons. The zero-order chi connectivity index (χ0) is 19.4. The van der Waals surface area contributed by atoms with Crippen molar-refractivity contribution in [2.24, 2.45) is 0 Å². The van der Waals surface area contributed by atoms with Gasteiger partial charge in [0.2, 0.25) is 5.91 Å².